The van der Waals surface area contributed by atoms with E-state index >= 15 is 0 Å². The number of anilines is 5. The number of carbonyl (C=O) groups excluding carboxylic acids is 1. The number of aryl methyl sites for hydroxylation is 3. The van der Waals surface area contributed by atoms with Gasteiger partial charge < -0.3 is 20.9 Å². The van der Waals surface area contributed by atoms with Gasteiger partial charge in [0.15, 0.2) is 0 Å². The molecule has 0 atom stereocenters. The Labute approximate surface area is 189 Å². The molecule has 7 heteroatoms. The quantitative estimate of drug-likeness (QED) is 0.478. The summed E-state index contributed by atoms with van der Waals surface area (Å²) in [7, 11) is 0. The molecule has 1 aliphatic heterocycles. The normalized spacial score (nSPS) is 13.5. The average molecular weight is 431 g/mol. The highest BCUT2D eigenvalue weighted by Gasteiger charge is 2.14. The first-order valence-electron chi connectivity index (χ1n) is 11.1. The van der Waals surface area contributed by atoms with Crippen molar-refractivity contribution in [1.29, 1.82) is 0 Å². The molecule has 166 valence electrons. The maximum atomic E-state index is 12.4. The first kappa shape index (κ1) is 21.6. The van der Waals surface area contributed by atoms with Crippen molar-refractivity contribution in [2.24, 2.45) is 0 Å². The van der Waals surface area contributed by atoms with Gasteiger partial charge >= 0.3 is 6.03 Å². The molecule has 0 radical (unpaired) electrons. The van der Waals surface area contributed by atoms with Crippen molar-refractivity contribution in [3.8, 4) is 0 Å². The van der Waals surface area contributed by atoms with Crippen LogP contribution in [0.1, 0.15) is 36.2 Å². The van der Waals surface area contributed by atoms with Gasteiger partial charge in [0.2, 0.25) is 0 Å². The molecule has 1 aliphatic rings. The molecule has 2 aromatic carbocycles. The van der Waals surface area contributed by atoms with Crippen LogP contribution in [-0.2, 0) is 0 Å². The van der Waals surface area contributed by atoms with Crippen LogP contribution in [0.4, 0.5) is 33.5 Å². The van der Waals surface area contributed by atoms with Crippen LogP contribution in [0.5, 0.6) is 0 Å². The topological polar surface area (TPSA) is 82.2 Å². The van der Waals surface area contributed by atoms with Gasteiger partial charge in [-0.3, -0.25) is 0 Å². The number of aromatic nitrogens is 2. The van der Waals surface area contributed by atoms with Gasteiger partial charge in [-0.1, -0.05) is 12.1 Å². The van der Waals surface area contributed by atoms with Crippen molar-refractivity contribution in [2.75, 3.05) is 33.9 Å². The van der Waals surface area contributed by atoms with E-state index in [1.165, 1.54) is 19.3 Å². The minimum atomic E-state index is -0.267. The zero-order chi connectivity index (χ0) is 22.5. The number of hydrogen-bond donors (Lipinski definition) is 3. The Bertz CT molecular complexity index is 1090. The van der Waals surface area contributed by atoms with Crippen molar-refractivity contribution in [1.82, 2.24) is 9.97 Å². The van der Waals surface area contributed by atoms with Crippen LogP contribution in [0.2, 0.25) is 0 Å². The summed E-state index contributed by atoms with van der Waals surface area (Å²) in [4.78, 5) is 23.9. The highest BCUT2D eigenvalue weighted by atomic mass is 16.2. The molecule has 0 bridgehead atoms. The van der Waals surface area contributed by atoms with Gasteiger partial charge in [-0.25, -0.2) is 14.8 Å². The van der Waals surface area contributed by atoms with Gasteiger partial charge in [-0.2, -0.15) is 0 Å². The van der Waals surface area contributed by atoms with E-state index in [9.17, 15) is 4.79 Å². The molecule has 1 aromatic heterocycles. The molecular formula is C25H30N6O. The Morgan fingerprint density at radius 2 is 1.56 bits per heavy atom. The third-order valence-corrected chi connectivity index (χ3v) is 5.56. The fraction of sp³-hybridized carbons (Fsp3) is 0.320. The standard InChI is InChI=1S/C25H30N6O/c1-17-7-8-18(2)22(15-17)30-25(32)29-21-11-9-20(10-12-21)28-23-16-24(27-19(3)26-23)31-13-5-4-6-14-31/h7-12,15-16H,4-6,13-14H2,1-3H3,(H,26,27,28)(H2,29,30,32). The van der Waals surface area contributed by atoms with E-state index in [2.05, 4.69) is 30.8 Å². The number of carbonyl (C=O) groups is 1. The molecule has 2 heterocycles. The molecule has 7 nitrogen and oxygen atoms in total. The van der Waals surface area contributed by atoms with Crippen LogP contribution in [-0.4, -0.2) is 29.1 Å². The first-order chi connectivity index (χ1) is 15.5. The summed E-state index contributed by atoms with van der Waals surface area (Å²) >= 11 is 0. The van der Waals surface area contributed by atoms with Crippen LogP contribution < -0.4 is 20.9 Å². The van der Waals surface area contributed by atoms with Crippen LogP contribution in [0, 0.1) is 20.8 Å². The summed E-state index contributed by atoms with van der Waals surface area (Å²) < 4.78 is 0. The Balaban J connectivity index is 1.39. The monoisotopic (exact) mass is 430 g/mol. The van der Waals surface area contributed by atoms with E-state index in [0.717, 1.165) is 53.1 Å². The molecule has 0 aliphatic carbocycles. The summed E-state index contributed by atoms with van der Waals surface area (Å²) in [5.74, 6) is 2.49. The number of nitrogens with zero attached hydrogens (tertiary/aromatic N) is 3. The lowest BCUT2D eigenvalue weighted by Gasteiger charge is -2.28. The molecule has 3 N–H and O–H groups in total. The Kier molecular flexibility index (Phi) is 6.54. The highest BCUT2D eigenvalue weighted by Crippen LogP contribution is 2.24. The predicted octanol–water partition coefficient (Wildman–Crippen LogP) is 5.78. The number of benzene rings is 2. The van der Waals surface area contributed by atoms with Gasteiger partial charge in [0, 0.05) is 36.2 Å². The van der Waals surface area contributed by atoms with Crippen molar-refractivity contribution < 1.29 is 4.79 Å². The number of piperidine rings is 1. The van der Waals surface area contributed by atoms with Crippen LogP contribution in [0.3, 0.4) is 0 Å². The second-order valence-corrected chi connectivity index (χ2v) is 8.31. The maximum Gasteiger partial charge on any atom is 0.323 e. The third-order valence-electron chi connectivity index (χ3n) is 5.56. The molecular weight excluding hydrogens is 400 g/mol. The van der Waals surface area contributed by atoms with E-state index in [1.807, 2.05) is 69.3 Å². The fourth-order valence-corrected chi connectivity index (χ4v) is 3.84. The lowest BCUT2D eigenvalue weighted by Crippen LogP contribution is -2.30. The first-order valence-corrected chi connectivity index (χ1v) is 11.1. The highest BCUT2D eigenvalue weighted by molar-refractivity contribution is 6.00. The summed E-state index contributed by atoms with van der Waals surface area (Å²) in [5.41, 5.74) is 4.54. The number of hydrogen-bond acceptors (Lipinski definition) is 5. The lowest BCUT2D eigenvalue weighted by molar-refractivity contribution is 0.262. The second kappa shape index (κ2) is 9.68. The fourth-order valence-electron chi connectivity index (χ4n) is 3.84. The van der Waals surface area contributed by atoms with Crippen molar-refractivity contribution in [3.05, 3.63) is 65.5 Å². The van der Waals surface area contributed by atoms with Crippen LogP contribution in [0.25, 0.3) is 0 Å². The smallest absolute Gasteiger partial charge is 0.323 e. The minimum Gasteiger partial charge on any atom is -0.356 e. The predicted molar refractivity (Wildman–Crippen MR) is 131 cm³/mol. The van der Waals surface area contributed by atoms with Crippen molar-refractivity contribution in [2.45, 2.75) is 40.0 Å². The number of rotatable bonds is 5. The summed E-state index contributed by atoms with van der Waals surface area (Å²) in [6, 6.07) is 15.3. The molecule has 0 spiro atoms. The molecule has 3 aromatic rings. The molecule has 2 amide bonds. The van der Waals surface area contributed by atoms with Gasteiger partial charge in [0.25, 0.3) is 0 Å². The Morgan fingerprint density at radius 3 is 2.31 bits per heavy atom. The molecule has 0 saturated carbocycles. The van der Waals surface area contributed by atoms with Crippen LogP contribution in [0.15, 0.2) is 48.5 Å². The van der Waals surface area contributed by atoms with Crippen molar-refractivity contribution >= 4 is 34.7 Å². The van der Waals surface area contributed by atoms with E-state index in [4.69, 9.17) is 0 Å². The van der Waals surface area contributed by atoms with Crippen molar-refractivity contribution in [3.63, 3.8) is 0 Å². The average Bonchev–Trinajstić information content (AvgIpc) is 2.78. The number of amides is 2. The summed E-state index contributed by atoms with van der Waals surface area (Å²) in [6.45, 7) is 7.98. The Morgan fingerprint density at radius 1 is 0.844 bits per heavy atom. The molecule has 1 fully saturated rings. The molecule has 32 heavy (non-hydrogen) atoms. The molecule has 4 rings (SSSR count). The zero-order valence-electron chi connectivity index (χ0n) is 18.9. The van der Waals surface area contributed by atoms with Gasteiger partial charge in [-0.15, -0.1) is 0 Å². The largest absolute Gasteiger partial charge is 0.356 e. The zero-order valence-corrected chi connectivity index (χ0v) is 18.9. The third kappa shape index (κ3) is 5.55. The SMILES string of the molecule is Cc1ccc(C)c(NC(=O)Nc2ccc(Nc3cc(N4CCCCC4)nc(C)n3)cc2)c1. The van der Waals surface area contributed by atoms with E-state index < -0.39 is 0 Å². The van der Waals surface area contributed by atoms with Gasteiger partial charge in [-0.05, 0) is 81.5 Å². The molecule has 1 saturated heterocycles. The summed E-state index contributed by atoms with van der Waals surface area (Å²) in [5, 5.41) is 9.14. The lowest BCUT2D eigenvalue weighted by atomic mass is 10.1. The minimum absolute atomic E-state index is 0.267. The number of nitrogens with one attached hydrogen (secondary N) is 3. The molecule has 0 unspecified atom stereocenters. The van der Waals surface area contributed by atoms with E-state index in [1.54, 1.807) is 0 Å². The van der Waals surface area contributed by atoms with E-state index in [-0.39, 0.29) is 6.03 Å². The second-order valence-electron chi connectivity index (χ2n) is 8.31. The maximum absolute atomic E-state index is 12.4. The number of urea groups is 1. The van der Waals surface area contributed by atoms with Gasteiger partial charge in [0.1, 0.15) is 17.5 Å². The van der Waals surface area contributed by atoms with E-state index in [0.29, 0.717) is 5.69 Å². The van der Waals surface area contributed by atoms with Crippen LogP contribution >= 0.6 is 0 Å². The summed E-state index contributed by atoms with van der Waals surface area (Å²) in [6.07, 6.45) is 3.70. The van der Waals surface area contributed by atoms with Gasteiger partial charge in [0.05, 0.1) is 0 Å². The Hall–Kier alpha value is -3.61.